The Bertz CT molecular complexity index is 809. The fourth-order valence-corrected chi connectivity index (χ4v) is 3.91. The Morgan fingerprint density at radius 1 is 0.636 bits per heavy atom. The average Bonchev–Trinajstić information content (AvgIpc) is 3.00. The molecule has 0 spiro atoms. The molecule has 0 saturated carbocycles. The lowest BCUT2D eigenvalue weighted by molar-refractivity contribution is 0.962. The van der Waals surface area contributed by atoms with Gasteiger partial charge in [-0.25, -0.2) is 4.98 Å². The summed E-state index contributed by atoms with van der Waals surface area (Å²) in [4.78, 5) is 4.88. The average molecular weight is 301 g/mol. The van der Waals surface area contributed by atoms with Gasteiger partial charge in [-0.1, -0.05) is 72.8 Å². The number of para-hydroxylation sites is 1. The second-order valence-electron chi connectivity index (χ2n) is 5.27. The van der Waals surface area contributed by atoms with Crippen LogP contribution in [-0.4, -0.2) is 4.98 Å². The second kappa shape index (κ2) is 5.74. The zero-order chi connectivity index (χ0) is 14.8. The van der Waals surface area contributed by atoms with Gasteiger partial charge in [0, 0.05) is 0 Å². The molecule has 0 bridgehead atoms. The van der Waals surface area contributed by atoms with Gasteiger partial charge < -0.3 is 0 Å². The van der Waals surface area contributed by atoms with Crippen molar-refractivity contribution in [2.24, 2.45) is 0 Å². The van der Waals surface area contributed by atoms with Gasteiger partial charge in [0.25, 0.3) is 0 Å². The summed E-state index contributed by atoms with van der Waals surface area (Å²) >= 11 is 1.78. The van der Waals surface area contributed by atoms with Gasteiger partial charge in [-0.2, -0.15) is 0 Å². The van der Waals surface area contributed by atoms with E-state index in [0.717, 1.165) is 10.5 Å². The minimum atomic E-state index is 0.194. The van der Waals surface area contributed by atoms with E-state index in [2.05, 4.69) is 78.9 Å². The Labute approximate surface area is 133 Å². The van der Waals surface area contributed by atoms with Gasteiger partial charge in [-0.3, -0.25) is 0 Å². The van der Waals surface area contributed by atoms with Gasteiger partial charge in [0.05, 0.1) is 16.1 Å². The minimum Gasteiger partial charge on any atom is -0.240 e. The van der Waals surface area contributed by atoms with Gasteiger partial charge in [-0.05, 0) is 23.3 Å². The zero-order valence-electron chi connectivity index (χ0n) is 12.0. The molecule has 0 amide bonds. The minimum absolute atomic E-state index is 0.194. The third kappa shape index (κ3) is 2.42. The standard InChI is InChI=1S/C20H15NS/c1-3-9-15(10-4-1)19(16-11-5-2-6-12-16)20-21-17-13-7-8-14-18(17)22-20/h1-14,19H. The van der Waals surface area contributed by atoms with Gasteiger partial charge in [0.1, 0.15) is 5.01 Å². The van der Waals surface area contributed by atoms with E-state index in [4.69, 9.17) is 4.98 Å². The predicted molar refractivity (Wildman–Crippen MR) is 93.4 cm³/mol. The van der Waals surface area contributed by atoms with Crippen LogP contribution in [0.15, 0.2) is 84.9 Å². The van der Waals surface area contributed by atoms with E-state index in [1.807, 2.05) is 6.07 Å². The first-order chi connectivity index (χ1) is 10.9. The molecule has 22 heavy (non-hydrogen) atoms. The van der Waals surface area contributed by atoms with Crippen LogP contribution in [-0.2, 0) is 0 Å². The van der Waals surface area contributed by atoms with Crippen molar-refractivity contribution in [2.75, 3.05) is 0 Å². The largest absolute Gasteiger partial charge is 0.240 e. The Morgan fingerprint density at radius 2 is 1.18 bits per heavy atom. The van der Waals surface area contributed by atoms with Crippen molar-refractivity contribution in [1.82, 2.24) is 4.98 Å². The molecule has 1 nitrogen and oxygen atoms in total. The van der Waals surface area contributed by atoms with Crippen LogP contribution in [0.5, 0.6) is 0 Å². The van der Waals surface area contributed by atoms with Crippen LogP contribution < -0.4 is 0 Å². The fraction of sp³-hybridized carbons (Fsp3) is 0.0500. The van der Waals surface area contributed by atoms with Crippen molar-refractivity contribution < 1.29 is 0 Å². The zero-order valence-corrected chi connectivity index (χ0v) is 12.8. The molecule has 0 radical (unpaired) electrons. The predicted octanol–water partition coefficient (Wildman–Crippen LogP) is 5.48. The lowest BCUT2D eigenvalue weighted by atomic mass is 9.92. The monoisotopic (exact) mass is 301 g/mol. The smallest absolute Gasteiger partial charge is 0.106 e. The van der Waals surface area contributed by atoms with Crippen molar-refractivity contribution in [3.8, 4) is 0 Å². The molecule has 1 aromatic heterocycles. The molecule has 0 N–H and O–H groups in total. The number of aromatic nitrogens is 1. The lowest BCUT2D eigenvalue weighted by Crippen LogP contribution is -2.02. The van der Waals surface area contributed by atoms with Crippen LogP contribution in [0.4, 0.5) is 0 Å². The summed E-state index contributed by atoms with van der Waals surface area (Å²) in [5.41, 5.74) is 3.65. The van der Waals surface area contributed by atoms with Gasteiger partial charge >= 0.3 is 0 Å². The fourth-order valence-electron chi connectivity index (χ4n) is 2.78. The third-order valence-electron chi connectivity index (χ3n) is 3.82. The number of hydrogen-bond acceptors (Lipinski definition) is 2. The third-order valence-corrected chi connectivity index (χ3v) is 4.92. The van der Waals surface area contributed by atoms with Crippen molar-refractivity contribution in [2.45, 2.75) is 5.92 Å². The molecule has 0 fully saturated rings. The molecule has 0 unspecified atom stereocenters. The molecular weight excluding hydrogens is 286 g/mol. The first kappa shape index (κ1) is 13.2. The van der Waals surface area contributed by atoms with E-state index < -0.39 is 0 Å². The SMILES string of the molecule is c1ccc(C(c2ccccc2)c2nc3ccccc3s2)cc1. The molecule has 3 aromatic carbocycles. The summed E-state index contributed by atoms with van der Waals surface area (Å²) < 4.78 is 1.24. The van der Waals surface area contributed by atoms with Crippen molar-refractivity contribution in [3.63, 3.8) is 0 Å². The highest BCUT2D eigenvalue weighted by Gasteiger charge is 2.20. The molecule has 106 valence electrons. The quantitative estimate of drug-likeness (QED) is 0.488. The summed E-state index contributed by atoms with van der Waals surface area (Å²) in [6.07, 6.45) is 0. The number of nitrogens with zero attached hydrogens (tertiary/aromatic N) is 1. The van der Waals surface area contributed by atoms with E-state index in [1.165, 1.54) is 15.8 Å². The molecule has 0 aliphatic rings. The number of benzene rings is 3. The maximum atomic E-state index is 4.88. The molecule has 0 aliphatic carbocycles. The van der Waals surface area contributed by atoms with Crippen molar-refractivity contribution in [1.29, 1.82) is 0 Å². The highest BCUT2D eigenvalue weighted by molar-refractivity contribution is 7.18. The molecule has 1 heterocycles. The topological polar surface area (TPSA) is 12.9 Å². The van der Waals surface area contributed by atoms with E-state index in [0.29, 0.717) is 0 Å². The van der Waals surface area contributed by atoms with Gasteiger partial charge in [0.15, 0.2) is 0 Å². The maximum Gasteiger partial charge on any atom is 0.106 e. The van der Waals surface area contributed by atoms with E-state index in [-0.39, 0.29) is 5.92 Å². The van der Waals surface area contributed by atoms with Crippen LogP contribution in [0.25, 0.3) is 10.2 Å². The number of hydrogen-bond donors (Lipinski definition) is 0. The second-order valence-corrected chi connectivity index (χ2v) is 6.34. The van der Waals surface area contributed by atoms with E-state index in [9.17, 15) is 0 Å². The van der Waals surface area contributed by atoms with Crippen LogP contribution in [0.1, 0.15) is 22.1 Å². The van der Waals surface area contributed by atoms with Crippen molar-refractivity contribution in [3.05, 3.63) is 101 Å². The molecule has 2 heteroatoms. The van der Waals surface area contributed by atoms with Crippen LogP contribution in [0.3, 0.4) is 0 Å². The van der Waals surface area contributed by atoms with E-state index >= 15 is 0 Å². The number of fused-ring (bicyclic) bond motifs is 1. The first-order valence-corrected chi connectivity index (χ1v) is 8.19. The maximum absolute atomic E-state index is 4.88. The summed E-state index contributed by atoms with van der Waals surface area (Å²) in [6, 6.07) is 29.6. The number of thiazole rings is 1. The Morgan fingerprint density at radius 3 is 1.77 bits per heavy atom. The van der Waals surface area contributed by atoms with E-state index in [1.54, 1.807) is 11.3 Å². The van der Waals surface area contributed by atoms with Crippen LogP contribution >= 0.6 is 11.3 Å². The summed E-state index contributed by atoms with van der Waals surface area (Å²) in [6.45, 7) is 0. The molecule has 0 aliphatic heterocycles. The highest BCUT2D eigenvalue weighted by Crippen LogP contribution is 2.36. The Kier molecular flexibility index (Phi) is 3.45. The van der Waals surface area contributed by atoms with Gasteiger partial charge in [0.2, 0.25) is 0 Å². The molecular formula is C20H15NS. The highest BCUT2D eigenvalue weighted by atomic mass is 32.1. The normalized spacial score (nSPS) is 11.1. The first-order valence-electron chi connectivity index (χ1n) is 7.37. The lowest BCUT2D eigenvalue weighted by Gasteiger charge is -2.15. The molecule has 0 atom stereocenters. The van der Waals surface area contributed by atoms with Gasteiger partial charge in [-0.15, -0.1) is 11.3 Å². The van der Waals surface area contributed by atoms with Crippen molar-refractivity contribution >= 4 is 21.6 Å². The van der Waals surface area contributed by atoms with Crippen LogP contribution in [0.2, 0.25) is 0 Å². The summed E-state index contributed by atoms with van der Waals surface area (Å²) in [5, 5.41) is 1.15. The molecule has 0 saturated heterocycles. The summed E-state index contributed by atoms with van der Waals surface area (Å²) in [5.74, 6) is 0.194. The molecule has 4 aromatic rings. The Hall–Kier alpha value is -2.45. The molecule has 4 rings (SSSR count). The van der Waals surface area contributed by atoms with Crippen LogP contribution in [0, 0.1) is 0 Å². The Balaban J connectivity index is 1.90. The summed E-state index contributed by atoms with van der Waals surface area (Å²) in [7, 11) is 0. The number of rotatable bonds is 3.